The van der Waals surface area contributed by atoms with Crippen molar-refractivity contribution in [2.24, 2.45) is 5.73 Å². The standard InChI is InChI=1S/C13H21N5O2S/c14-8-3-4-18(7-8)13-17-11(15)10(21-13)12(19)16-6-9-2-1-5-20-9/h8-9H,1-7,14-15H2,(H,16,19). The number of hydrogen-bond acceptors (Lipinski definition) is 7. The van der Waals surface area contributed by atoms with Crippen molar-refractivity contribution in [3.63, 3.8) is 0 Å². The highest BCUT2D eigenvalue weighted by atomic mass is 32.1. The van der Waals surface area contributed by atoms with Gasteiger partial charge in [0, 0.05) is 32.3 Å². The van der Waals surface area contributed by atoms with Gasteiger partial charge >= 0.3 is 0 Å². The van der Waals surface area contributed by atoms with Gasteiger partial charge in [0.15, 0.2) is 5.13 Å². The number of thiazole rings is 1. The van der Waals surface area contributed by atoms with E-state index in [4.69, 9.17) is 16.2 Å². The summed E-state index contributed by atoms with van der Waals surface area (Å²) in [5, 5.41) is 3.66. The third kappa shape index (κ3) is 3.28. The second kappa shape index (κ2) is 6.17. The van der Waals surface area contributed by atoms with Crippen LogP contribution in [0.1, 0.15) is 28.9 Å². The molecule has 3 heterocycles. The minimum atomic E-state index is -0.171. The van der Waals surface area contributed by atoms with Crippen molar-refractivity contribution in [3.05, 3.63) is 4.88 Å². The molecule has 5 N–H and O–H groups in total. The number of nitrogens with two attached hydrogens (primary N) is 2. The van der Waals surface area contributed by atoms with Gasteiger partial charge < -0.3 is 26.4 Å². The van der Waals surface area contributed by atoms with E-state index < -0.39 is 0 Å². The van der Waals surface area contributed by atoms with Crippen molar-refractivity contribution in [1.82, 2.24) is 10.3 Å². The minimum Gasteiger partial charge on any atom is -0.382 e. The van der Waals surface area contributed by atoms with Crippen LogP contribution in [0.4, 0.5) is 10.9 Å². The minimum absolute atomic E-state index is 0.124. The second-order valence-corrected chi connectivity index (χ2v) is 6.53. The summed E-state index contributed by atoms with van der Waals surface area (Å²) in [7, 11) is 0. The molecule has 0 radical (unpaired) electrons. The Bertz CT molecular complexity index is 515. The van der Waals surface area contributed by atoms with Crippen molar-refractivity contribution in [2.75, 3.05) is 36.9 Å². The van der Waals surface area contributed by atoms with Crippen LogP contribution in [0.2, 0.25) is 0 Å². The molecule has 7 nitrogen and oxygen atoms in total. The largest absolute Gasteiger partial charge is 0.382 e. The number of ether oxygens (including phenoxy) is 1. The lowest BCUT2D eigenvalue weighted by Gasteiger charge is -2.13. The van der Waals surface area contributed by atoms with Gasteiger partial charge in [0.25, 0.3) is 5.91 Å². The van der Waals surface area contributed by atoms with E-state index in [1.54, 1.807) is 0 Å². The third-order valence-electron chi connectivity index (χ3n) is 3.86. The van der Waals surface area contributed by atoms with Crippen molar-refractivity contribution in [1.29, 1.82) is 0 Å². The lowest BCUT2D eigenvalue weighted by Crippen LogP contribution is -2.31. The van der Waals surface area contributed by atoms with Crippen molar-refractivity contribution in [2.45, 2.75) is 31.4 Å². The molecule has 0 spiro atoms. The number of carbonyl (C=O) groups is 1. The number of amides is 1. The molecule has 1 aromatic heterocycles. The smallest absolute Gasteiger partial charge is 0.265 e. The topological polar surface area (TPSA) is 107 Å². The monoisotopic (exact) mass is 311 g/mol. The van der Waals surface area contributed by atoms with Crippen LogP contribution < -0.4 is 21.7 Å². The Labute approximate surface area is 127 Å². The molecule has 8 heteroatoms. The predicted molar refractivity (Wildman–Crippen MR) is 82.6 cm³/mol. The predicted octanol–water partition coefficient (Wildman–Crippen LogP) is 0.172. The fraction of sp³-hybridized carbons (Fsp3) is 0.692. The van der Waals surface area contributed by atoms with E-state index in [2.05, 4.69) is 15.2 Å². The van der Waals surface area contributed by atoms with Crippen LogP contribution in [0.5, 0.6) is 0 Å². The summed E-state index contributed by atoms with van der Waals surface area (Å²) in [6.07, 6.45) is 3.12. The highest BCUT2D eigenvalue weighted by Gasteiger charge is 2.25. The van der Waals surface area contributed by atoms with Crippen LogP contribution in [0.15, 0.2) is 0 Å². The number of nitrogens with one attached hydrogen (secondary N) is 1. The maximum atomic E-state index is 12.2. The van der Waals surface area contributed by atoms with Crippen molar-refractivity contribution >= 4 is 28.2 Å². The van der Waals surface area contributed by atoms with Crippen LogP contribution in [-0.4, -0.2) is 49.3 Å². The number of carbonyl (C=O) groups excluding carboxylic acids is 1. The Morgan fingerprint density at radius 2 is 2.38 bits per heavy atom. The molecule has 0 aliphatic carbocycles. The van der Waals surface area contributed by atoms with Crippen molar-refractivity contribution in [3.8, 4) is 0 Å². The molecule has 2 atom stereocenters. The van der Waals surface area contributed by atoms with Gasteiger partial charge in [0.05, 0.1) is 6.10 Å². The Morgan fingerprint density at radius 3 is 3.05 bits per heavy atom. The first-order chi connectivity index (χ1) is 10.1. The second-order valence-electron chi connectivity index (χ2n) is 5.55. The highest BCUT2D eigenvalue weighted by molar-refractivity contribution is 7.18. The first-order valence-electron chi connectivity index (χ1n) is 7.30. The van der Waals surface area contributed by atoms with Crippen LogP contribution in [0, 0.1) is 0 Å². The normalized spacial score (nSPS) is 25.5. The average Bonchev–Trinajstić information content (AvgIpc) is 3.16. The van der Waals surface area contributed by atoms with Gasteiger partial charge in [0.2, 0.25) is 0 Å². The molecule has 21 heavy (non-hydrogen) atoms. The average molecular weight is 311 g/mol. The van der Waals surface area contributed by atoms with Gasteiger partial charge in [-0.25, -0.2) is 4.98 Å². The molecule has 2 aliphatic rings. The molecule has 3 rings (SSSR count). The number of aromatic nitrogens is 1. The zero-order valence-corrected chi connectivity index (χ0v) is 12.7. The van der Waals surface area contributed by atoms with Gasteiger partial charge in [-0.15, -0.1) is 0 Å². The molecule has 1 aromatic rings. The van der Waals surface area contributed by atoms with Gasteiger partial charge in [-0.1, -0.05) is 11.3 Å². The number of anilines is 2. The first-order valence-corrected chi connectivity index (χ1v) is 8.12. The summed E-state index contributed by atoms with van der Waals surface area (Å²) in [5.41, 5.74) is 11.8. The number of nitrogen functional groups attached to an aromatic ring is 1. The van der Waals surface area contributed by atoms with Crippen LogP contribution in [-0.2, 0) is 4.74 Å². The molecular formula is C13H21N5O2S. The maximum absolute atomic E-state index is 12.2. The van der Waals surface area contributed by atoms with E-state index in [-0.39, 0.29) is 18.1 Å². The van der Waals surface area contributed by atoms with E-state index in [1.807, 2.05) is 0 Å². The lowest BCUT2D eigenvalue weighted by atomic mass is 10.2. The van der Waals surface area contributed by atoms with Crippen LogP contribution >= 0.6 is 11.3 Å². The highest BCUT2D eigenvalue weighted by Crippen LogP contribution is 2.30. The molecule has 0 bridgehead atoms. The van der Waals surface area contributed by atoms with Crippen LogP contribution in [0.3, 0.4) is 0 Å². The zero-order chi connectivity index (χ0) is 14.8. The fourth-order valence-corrected chi connectivity index (χ4v) is 3.61. The Hall–Kier alpha value is -1.38. The number of nitrogens with zero attached hydrogens (tertiary/aromatic N) is 2. The third-order valence-corrected chi connectivity index (χ3v) is 4.99. The maximum Gasteiger partial charge on any atom is 0.265 e. The van der Waals surface area contributed by atoms with Gasteiger partial charge in [-0.05, 0) is 19.3 Å². The molecule has 2 aliphatic heterocycles. The summed E-state index contributed by atoms with van der Waals surface area (Å²) in [4.78, 5) is 19.1. The Morgan fingerprint density at radius 1 is 1.52 bits per heavy atom. The van der Waals surface area contributed by atoms with E-state index in [9.17, 15) is 4.79 Å². The molecular weight excluding hydrogens is 290 g/mol. The summed E-state index contributed by atoms with van der Waals surface area (Å²) in [6.45, 7) is 2.94. The molecule has 2 fully saturated rings. The molecule has 0 saturated carbocycles. The van der Waals surface area contributed by atoms with Crippen LogP contribution in [0.25, 0.3) is 0 Å². The fourth-order valence-electron chi connectivity index (χ4n) is 2.67. The molecule has 116 valence electrons. The van der Waals surface area contributed by atoms with E-state index in [0.717, 1.165) is 44.1 Å². The molecule has 2 unspecified atom stereocenters. The quantitative estimate of drug-likeness (QED) is 0.732. The number of hydrogen-bond donors (Lipinski definition) is 3. The lowest BCUT2D eigenvalue weighted by molar-refractivity contribution is 0.0861. The van der Waals surface area contributed by atoms with E-state index in [1.165, 1.54) is 11.3 Å². The zero-order valence-electron chi connectivity index (χ0n) is 11.9. The molecule has 1 amide bonds. The van der Waals surface area contributed by atoms with Crippen molar-refractivity contribution < 1.29 is 9.53 Å². The Balaban J connectivity index is 1.61. The molecule has 0 aromatic carbocycles. The van der Waals surface area contributed by atoms with Gasteiger partial charge in [-0.3, -0.25) is 4.79 Å². The van der Waals surface area contributed by atoms with E-state index in [0.29, 0.717) is 17.2 Å². The molecule has 2 saturated heterocycles. The SMILES string of the molecule is Nc1nc(N2CCC(N)C2)sc1C(=O)NCC1CCCO1. The van der Waals surface area contributed by atoms with Gasteiger partial charge in [-0.2, -0.15) is 0 Å². The first kappa shape index (κ1) is 14.6. The van der Waals surface area contributed by atoms with Gasteiger partial charge in [0.1, 0.15) is 10.7 Å². The summed E-state index contributed by atoms with van der Waals surface area (Å²) in [5.74, 6) is 0.121. The Kier molecular flexibility index (Phi) is 4.27. The summed E-state index contributed by atoms with van der Waals surface area (Å²) >= 11 is 1.33. The number of rotatable bonds is 4. The summed E-state index contributed by atoms with van der Waals surface area (Å²) < 4.78 is 5.49. The summed E-state index contributed by atoms with van der Waals surface area (Å²) in [6, 6.07) is 0.173. The van der Waals surface area contributed by atoms with E-state index >= 15 is 0 Å².